The molecule has 2 aromatic rings. The predicted octanol–water partition coefficient (Wildman–Crippen LogP) is 2.50. The van der Waals surface area contributed by atoms with E-state index in [0.29, 0.717) is 12.4 Å². The summed E-state index contributed by atoms with van der Waals surface area (Å²) in [4.78, 5) is 15.5. The van der Waals surface area contributed by atoms with Crippen LogP contribution in [0.15, 0.2) is 29.0 Å². The van der Waals surface area contributed by atoms with Gasteiger partial charge in [0, 0.05) is 11.8 Å². The molecular formula is C13H15N3O3. The second kappa shape index (κ2) is 5.51. The van der Waals surface area contributed by atoms with Crippen LogP contribution in [-0.2, 0) is 6.54 Å². The molecule has 19 heavy (non-hydrogen) atoms. The van der Waals surface area contributed by atoms with Crippen molar-refractivity contribution in [3.05, 3.63) is 41.4 Å². The fourth-order valence-corrected chi connectivity index (χ4v) is 1.57. The van der Waals surface area contributed by atoms with E-state index in [2.05, 4.69) is 15.5 Å². The molecule has 0 aliphatic carbocycles. The number of aromatic nitrogens is 2. The van der Waals surface area contributed by atoms with Crippen LogP contribution in [0.3, 0.4) is 0 Å². The lowest BCUT2D eigenvalue weighted by Gasteiger charge is -2.10. The van der Waals surface area contributed by atoms with Crippen molar-refractivity contribution >= 4 is 11.8 Å². The zero-order chi connectivity index (χ0) is 13.8. The molecule has 2 rings (SSSR count). The third kappa shape index (κ3) is 3.31. The zero-order valence-electron chi connectivity index (χ0n) is 10.8. The van der Waals surface area contributed by atoms with Gasteiger partial charge in [0.25, 0.3) is 0 Å². The van der Waals surface area contributed by atoms with E-state index in [1.165, 1.54) is 12.3 Å². The van der Waals surface area contributed by atoms with Gasteiger partial charge in [0.1, 0.15) is 17.8 Å². The quantitative estimate of drug-likeness (QED) is 0.859. The van der Waals surface area contributed by atoms with Crippen LogP contribution in [-0.4, -0.2) is 21.2 Å². The van der Waals surface area contributed by atoms with Gasteiger partial charge in [-0.3, -0.25) is 0 Å². The summed E-state index contributed by atoms with van der Waals surface area (Å²) >= 11 is 0. The molecule has 100 valence electrons. The number of rotatable bonds is 5. The minimum absolute atomic E-state index is 0.159. The first kappa shape index (κ1) is 13.1. The number of pyridine rings is 1. The van der Waals surface area contributed by atoms with Crippen LogP contribution in [0.25, 0.3) is 0 Å². The van der Waals surface area contributed by atoms with Gasteiger partial charge in [0.05, 0.1) is 12.1 Å². The summed E-state index contributed by atoms with van der Waals surface area (Å²) in [6, 6.07) is 4.83. The molecule has 0 bridgehead atoms. The van der Waals surface area contributed by atoms with Gasteiger partial charge >= 0.3 is 5.97 Å². The Morgan fingerprint density at radius 3 is 2.84 bits per heavy atom. The number of hydrogen-bond donors (Lipinski definition) is 2. The Bertz CT molecular complexity index is 565. The third-order valence-corrected chi connectivity index (χ3v) is 2.63. The molecular weight excluding hydrogens is 246 g/mol. The summed E-state index contributed by atoms with van der Waals surface area (Å²) in [6.45, 7) is 4.37. The Kier molecular flexibility index (Phi) is 3.79. The molecule has 0 aliphatic heterocycles. The van der Waals surface area contributed by atoms with Gasteiger partial charge < -0.3 is 14.9 Å². The molecule has 0 saturated heterocycles. The molecule has 2 N–H and O–H groups in total. The molecule has 0 unspecified atom stereocenters. The smallest absolute Gasteiger partial charge is 0.335 e. The maximum absolute atomic E-state index is 11.1. The SMILES string of the molecule is CC(C)c1cc(C(=O)O)cc(NCc2ccon2)n1. The van der Waals surface area contributed by atoms with Gasteiger partial charge in [0.15, 0.2) is 0 Å². The summed E-state index contributed by atoms with van der Waals surface area (Å²) in [5, 5.41) is 15.9. The zero-order valence-corrected chi connectivity index (χ0v) is 10.8. The highest BCUT2D eigenvalue weighted by Crippen LogP contribution is 2.18. The lowest BCUT2D eigenvalue weighted by atomic mass is 10.1. The number of aromatic carboxylic acids is 1. The number of carbonyl (C=O) groups is 1. The first-order chi connectivity index (χ1) is 9.06. The lowest BCUT2D eigenvalue weighted by Crippen LogP contribution is -2.07. The van der Waals surface area contributed by atoms with Gasteiger partial charge in [0.2, 0.25) is 0 Å². The molecule has 0 aromatic carbocycles. The van der Waals surface area contributed by atoms with E-state index in [0.717, 1.165) is 11.4 Å². The van der Waals surface area contributed by atoms with Crippen molar-refractivity contribution in [1.82, 2.24) is 10.1 Å². The topological polar surface area (TPSA) is 88.2 Å². The predicted molar refractivity (Wildman–Crippen MR) is 69.1 cm³/mol. The van der Waals surface area contributed by atoms with E-state index >= 15 is 0 Å². The fraction of sp³-hybridized carbons (Fsp3) is 0.308. The fourth-order valence-electron chi connectivity index (χ4n) is 1.57. The minimum atomic E-state index is -0.964. The van der Waals surface area contributed by atoms with Crippen LogP contribution in [0.1, 0.15) is 41.5 Å². The second-order valence-corrected chi connectivity index (χ2v) is 4.47. The van der Waals surface area contributed by atoms with Crippen molar-refractivity contribution in [3.63, 3.8) is 0 Å². The van der Waals surface area contributed by atoms with Crippen molar-refractivity contribution < 1.29 is 14.4 Å². The van der Waals surface area contributed by atoms with Crippen LogP contribution in [0.4, 0.5) is 5.82 Å². The van der Waals surface area contributed by atoms with Crippen molar-refractivity contribution in [1.29, 1.82) is 0 Å². The molecule has 2 aromatic heterocycles. The van der Waals surface area contributed by atoms with E-state index in [-0.39, 0.29) is 11.5 Å². The number of hydrogen-bond acceptors (Lipinski definition) is 5. The molecule has 6 heteroatoms. The molecule has 0 saturated carbocycles. The number of anilines is 1. The summed E-state index contributed by atoms with van der Waals surface area (Å²) in [7, 11) is 0. The molecule has 0 amide bonds. The van der Waals surface area contributed by atoms with Gasteiger partial charge in [-0.25, -0.2) is 9.78 Å². The molecule has 0 aliphatic rings. The van der Waals surface area contributed by atoms with E-state index in [1.807, 2.05) is 13.8 Å². The molecule has 0 atom stereocenters. The Hall–Kier alpha value is -2.37. The second-order valence-electron chi connectivity index (χ2n) is 4.47. The molecule has 2 heterocycles. The molecule has 6 nitrogen and oxygen atoms in total. The van der Waals surface area contributed by atoms with Crippen LogP contribution >= 0.6 is 0 Å². The third-order valence-electron chi connectivity index (χ3n) is 2.63. The Morgan fingerprint density at radius 1 is 1.47 bits per heavy atom. The summed E-state index contributed by atoms with van der Waals surface area (Å²) in [6.07, 6.45) is 1.48. The van der Waals surface area contributed by atoms with E-state index in [1.54, 1.807) is 12.1 Å². The van der Waals surface area contributed by atoms with Crippen molar-refractivity contribution in [2.75, 3.05) is 5.32 Å². The molecule has 0 radical (unpaired) electrons. The van der Waals surface area contributed by atoms with Crippen molar-refractivity contribution in [3.8, 4) is 0 Å². The van der Waals surface area contributed by atoms with Gasteiger partial charge in [-0.15, -0.1) is 0 Å². The Morgan fingerprint density at radius 2 is 2.26 bits per heavy atom. The summed E-state index contributed by atoms with van der Waals surface area (Å²) in [5.41, 5.74) is 1.69. The summed E-state index contributed by atoms with van der Waals surface area (Å²) < 4.78 is 4.72. The standard InChI is InChI=1S/C13H15N3O3/c1-8(2)11-5-9(13(17)18)6-12(15-11)14-7-10-3-4-19-16-10/h3-6,8H,7H2,1-2H3,(H,14,15)(H,17,18). The van der Waals surface area contributed by atoms with Crippen LogP contribution < -0.4 is 5.32 Å². The molecule has 0 fully saturated rings. The van der Waals surface area contributed by atoms with Crippen LogP contribution in [0, 0.1) is 0 Å². The van der Waals surface area contributed by atoms with E-state index < -0.39 is 5.97 Å². The monoisotopic (exact) mass is 261 g/mol. The normalized spacial score (nSPS) is 10.7. The number of nitrogens with one attached hydrogen (secondary N) is 1. The Labute approximate surface area is 110 Å². The highest BCUT2D eigenvalue weighted by Gasteiger charge is 2.11. The highest BCUT2D eigenvalue weighted by molar-refractivity contribution is 5.88. The number of nitrogens with zero attached hydrogens (tertiary/aromatic N) is 2. The lowest BCUT2D eigenvalue weighted by molar-refractivity contribution is 0.0696. The Balaban J connectivity index is 2.21. The highest BCUT2D eigenvalue weighted by atomic mass is 16.5. The van der Waals surface area contributed by atoms with E-state index in [9.17, 15) is 4.79 Å². The van der Waals surface area contributed by atoms with Crippen molar-refractivity contribution in [2.45, 2.75) is 26.3 Å². The maximum atomic E-state index is 11.1. The van der Waals surface area contributed by atoms with E-state index in [4.69, 9.17) is 9.63 Å². The average Bonchev–Trinajstić information content (AvgIpc) is 2.89. The average molecular weight is 261 g/mol. The van der Waals surface area contributed by atoms with Crippen molar-refractivity contribution in [2.24, 2.45) is 0 Å². The number of carboxylic acid groups (broad SMARTS) is 1. The first-order valence-corrected chi connectivity index (χ1v) is 5.94. The number of carboxylic acids is 1. The van der Waals surface area contributed by atoms with Crippen LogP contribution in [0.2, 0.25) is 0 Å². The maximum Gasteiger partial charge on any atom is 0.335 e. The van der Waals surface area contributed by atoms with Crippen LogP contribution in [0.5, 0.6) is 0 Å². The minimum Gasteiger partial charge on any atom is -0.478 e. The van der Waals surface area contributed by atoms with Gasteiger partial charge in [-0.2, -0.15) is 0 Å². The van der Waals surface area contributed by atoms with Gasteiger partial charge in [-0.05, 0) is 18.1 Å². The first-order valence-electron chi connectivity index (χ1n) is 5.94. The van der Waals surface area contributed by atoms with Gasteiger partial charge in [-0.1, -0.05) is 19.0 Å². The largest absolute Gasteiger partial charge is 0.478 e. The summed E-state index contributed by atoms with van der Waals surface area (Å²) in [5.74, 6) is -0.285. The molecule has 0 spiro atoms.